The Hall–Kier alpha value is -1.40. The topological polar surface area (TPSA) is 17.1 Å². The first-order valence-electron chi connectivity index (χ1n) is 7.83. The van der Waals surface area contributed by atoms with Gasteiger partial charge in [0, 0.05) is 19.4 Å². The predicted molar refractivity (Wildman–Crippen MR) is 118 cm³/mol. The van der Waals surface area contributed by atoms with Gasteiger partial charge in [0.1, 0.15) is 5.82 Å². The lowest BCUT2D eigenvalue weighted by Crippen LogP contribution is -2.01. The molecule has 27 heavy (non-hydrogen) atoms. The molecule has 0 N–H and O–H groups in total. The van der Waals surface area contributed by atoms with Crippen molar-refractivity contribution in [2.45, 2.75) is 4.90 Å². The minimum absolute atomic E-state index is 0.129. The highest BCUT2D eigenvalue weighted by Crippen LogP contribution is 2.33. The molecule has 0 aliphatic heterocycles. The lowest BCUT2D eigenvalue weighted by Gasteiger charge is -2.09. The fraction of sp³-hybridized carbons (Fsp3) is 0. The fourth-order valence-electron chi connectivity index (χ4n) is 2.27. The van der Waals surface area contributed by atoms with E-state index in [1.165, 1.54) is 23.9 Å². The van der Waals surface area contributed by atoms with Crippen molar-refractivity contribution < 1.29 is 9.18 Å². The first-order chi connectivity index (χ1) is 12.9. The third-order valence-electron chi connectivity index (χ3n) is 3.62. The van der Waals surface area contributed by atoms with Gasteiger partial charge in [0.15, 0.2) is 5.78 Å². The molecule has 0 spiro atoms. The van der Waals surface area contributed by atoms with Crippen LogP contribution in [0.25, 0.3) is 6.08 Å². The highest BCUT2D eigenvalue weighted by molar-refractivity contribution is 9.10. The monoisotopic (exact) mass is 524 g/mol. The number of halogens is 4. The number of rotatable bonds is 5. The number of carbonyl (C=O) groups excluding carboxylic acids is 1. The van der Waals surface area contributed by atoms with Gasteiger partial charge in [-0.1, -0.05) is 61.3 Å². The average molecular weight is 527 g/mol. The average Bonchev–Trinajstić information content (AvgIpc) is 2.65. The molecular formula is C21H12Br2ClFOS. The Morgan fingerprint density at radius 1 is 0.926 bits per heavy atom. The highest BCUT2D eigenvalue weighted by atomic mass is 79.9. The zero-order chi connectivity index (χ0) is 19.4. The number of hydrogen-bond acceptors (Lipinski definition) is 2. The van der Waals surface area contributed by atoms with Crippen LogP contribution in [0.4, 0.5) is 4.39 Å². The van der Waals surface area contributed by atoms with Crippen LogP contribution < -0.4 is 0 Å². The molecule has 0 aromatic heterocycles. The molecule has 0 bridgehead atoms. The SMILES string of the molecule is O=C(/C(=C\c1ccc(F)cc1Cl)Sc1ccc(Br)cc1)c1ccc(Br)cc1. The van der Waals surface area contributed by atoms with E-state index in [1.54, 1.807) is 24.3 Å². The molecule has 0 atom stereocenters. The normalized spacial score (nSPS) is 11.5. The number of ketones is 1. The van der Waals surface area contributed by atoms with Gasteiger partial charge >= 0.3 is 0 Å². The van der Waals surface area contributed by atoms with Crippen LogP contribution in [0.15, 0.2) is 85.5 Å². The van der Waals surface area contributed by atoms with E-state index in [9.17, 15) is 9.18 Å². The van der Waals surface area contributed by atoms with Gasteiger partial charge in [0.25, 0.3) is 0 Å². The van der Waals surface area contributed by atoms with E-state index in [4.69, 9.17) is 11.6 Å². The molecule has 0 heterocycles. The van der Waals surface area contributed by atoms with Crippen LogP contribution in [0.3, 0.4) is 0 Å². The molecule has 0 saturated carbocycles. The molecule has 136 valence electrons. The van der Waals surface area contributed by atoms with Gasteiger partial charge in [-0.2, -0.15) is 0 Å². The van der Waals surface area contributed by atoms with Crippen LogP contribution in [-0.4, -0.2) is 5.78 Å². The summed E-state index contributed by atoms with van der Waals surface area (Å²) in [4.78, 5) is 14.5. The van der Waals surface area contributed by atoms with E-state index in [2.05, 4.69) is 31.9 Å². The molecule has 3 aromatic carbocycles. The van der Waals surface area contributed by atoms with Crippen molar-refractivity contribution in [2.75, 3.05) is 0 Å². The number of allylic oxidation sites excluding steroid dienone is 1. The Kier molecular flexibility index (Phi) is 6.93. The molecule has 0 radical (unpaired) electrons. The number of Topliss-reactive ketones (excluding diaryl/α,β-unsaturated/α-hetero) is 1. The van der Waals surface area contributed by atoms with E-state index < -0.39 is 5.82 Å². The first-order valence-corrected chi connectivity index (χ1v) is 10.6. The minimum Gasteiger partial charge on any atom is -0.288 e. The standard InChI is InChI=1S/C21H12Br2ClFOS/c22-15-4-1-13(2-5-15)21(26)20(27-18-9-6-16(23)7-10-18)11-14-3-8-17(25)12-19(14)24/h1-12H/b20-11+. The Labute approximate surface area is 182 Å². The predicted octanol–water partition coefficient (Wildman–Crippen LogP) is 8.02. The molecule has 0 amide bonds. The Balaban J connectivity index is 2.01. The number of benzene rings is 3. The van der Waals surface area contributed by atoms with E-state index in [-0.39, 0.29) is 10.8 Å². The van der Waals surface area contributed by atoms with Crippen LogP contribution >= 0.6 is 55.2 Å². The Morgan fingerprint density at radius 3 is 2.11 bits per heavy atom. The molecule has 3 aromatic rings. The largest absolute Gasteiger partial charge is 0.288 e. The van der Waals surface area contributed by atoms with Gasteiger partial charge in [-0.05, 0) is 72.3 Å². The summed E-state index contributed by atoms with van der Waals surface area (Å²) < 4.78 is 15.2. The van der Waals surface area contributed by atoms with Crippen LogP contribution in [-0.2, 0) is 0 Å². The van der Waals surface area contributed by atoms with Crippen molar-refractivity contribution in [1.29, 1.82) is 0 Å². The van der Waals surface area contributed by atoms with Crippen molar-refractivity contribution in [3.63, 3.8) is 0 Å². The number of thioether (sulfide) groups is 1. The van der Waals surface area contributed by atoms with Crippen molar-refractivity contribution >= 4 is 67.1 Å². The minimum atomic E-state index is -0.418. The van der Waals surface area contributed by atoms with Gasteiger partial charge in [-0.15, -0.1) is 0 Å². The third-order valence-corrected chi connectivity index (χ3v) is 6.04. The summed E-state index contributed by atoms with van der Waals surface area (Å²) in [5.41, 5.74) is 1.15. The fourth-order valence-corrected chi connectivity index (χ4v) is 3.95. The van der Waals surface area contributed by atoms with Crippen LogP contribution in [0, 0.1) is 5.82 Å². The Bertz CT molecular complexity index is 1000. The summed E-state index contributed by atoms with van der Waals surface area (Å²) in [6, 6.07) is 18.9. The summed E-state index contributed by atoms with van der Waals surface area (Å²) in [6.07, 6.45) is 1.69. The molecule has 0 aliphatic rings. The molecule has 0 unspecified atom stereocenters. The van der Waals surface area contributed by atoms with Crippen molar-refractivity contribution in [3.8, 4) is 0 Å². The molecule has 0 aliphatic carbocycles. The van der Waals surface area contributed by atoms with Gasteiger partial charge < -0.3 is 0 Å². The number of carbonyl (C=O) groups is 1. The molecule has 0 saturated heterocycles. The summed E-state index contributed by atoms with van der Waals surface area (Å²) in [7, 11) is 0. The van der Waals surface area contributed by atoms with Crippen molar-refractivity contribution in [2.24, 2.45) is 0 Å². The molecule has 1 nitrogen and oxygen atoms in total. The third kappa shape index (κ3) is 5.55. The van der Waals surface area contributed by atoms with Crippen molar-refractivity contribution in [3.05, 3.63) is 103 Å². The molecule has 0 fully saturated rings. The summed E-state index contributed by atoms with van der Waals surface area (Å²) in [5, 5.41) is 0.257. The van der Waals surface area contributed by atoms with Gasteiger partial charge in [0.05, 0.1) is 9.93 Å². The van der Waals surface area contributed by atoms with E-state index in [0.29, 0.717) is 16.0 Å². The van der Waals surface area contributed by atoms with Crippen LogP contribution in [0.5, 0.6) is 0 Å². The molecular weight excluding hydrogens is 515 g/mol. The van der Waals surface area contributed by atoms with E-state index in [1.807, 2.05) is 36.4 Å². The summed E-state index contributed by atoms with van der Waals surface area (Å²) >= 11 is 14.3. The lowest BCUT2D eigenvalue weighted by molar-refractivity contribution is 0.104. The maximum absolute atomic E-state index is 13.3. The maximum Gasteiger partial charge on any atom is 0.199 e. The highest BCUT2D eigenvalue weighted by Gasteiger charge is 2.15. The second-order valence-electron chi connectivity index (χ2n) is 5.57. The quantitative estimate of drug-likeness (QED) is 0.190. The maximum atomic E-state index is 13.3. The Morgan fingerprint density at radius 2 is 1.52 bits per heavy atom. The molecule has 6 heteroatoms. The second-order valence-corrected chi connectivity index (χ2v) is 8.92. The first kappa shape index (κ1) is 20.3. The van der Waals surface area contributed by atoms with Crippen molar-refractivity contribution in [1.82, 2.24) is 0 Å². The molecule has 3 rings (SSSR count). The number of hydrogen-bond donors (Lipinski definition) is 0. The van der Waals surface area contributed by atoms with E-state index >= 15 is 0 Å². The van der Waals surface area contributed by atoms with Crippen LogP contribution in [0.1, 0.15) is 15.9 Å². The van der Waals surface area contributed by atoms with E-state index in [0.717, 1.165) is 13.8 Å². The zero-order valence-electron chi connectivity index (χ0n) is 13.8. The second kappa shape index (κ2) is 9.20. The van der Waals surface area contributed by atoms with Gasteiger partial charge in [-0.25, -0.2) is 4.39 Å². The van der Waals surface area contributed by atoms with Crippen LogP contribution in [0.2, 0.25) is 5.02 Å². The van der Waals surface area contributed by atoms with Gasteiger partial charge in [-0.3, -0.25) is 4.79 Å². The smallest absolute Gasteiger partial charge is 0.199 e. The lowest BCUT2D eigenvalue weighted by atomic mass is 10.1. The summed E-state index contributed by atoms with van der Waals surface area (Å²) in [6.45, 7) is 0. The summed E-state index contributed by atoms with van der Waals surface area (Å²) in [5.74, 6) is -0.547. The zero-order valence-corrected chi connectivity index (χ0v) is 18.5. The van der Waals surface area contributed by atoms with Gasteiger partial charge in [0.2, 0.25) is 0 Å².